The molecule has 0 saturated carbocycles. The van der Waals surface area contributed by atoms with Crippen molar-refractivity contribution < 1.29 is 9.52 Å². The highest BCUT2D eigenvalue weighted by atomic mass is 35.5. The van der Waals surface area contributed by atoms with Gasteiger partial charge < -0.3 is 9.52 Å². The van der Waals surface area contributed by atoms with Gasteiger partial charge in [0.25, 0.3) is 0 Å². The molecule has 3 rings (SSSR count). The van der Waals surface area contributed by atoms with Crippen molar-refractivity contribution in [1.82, 2.24) is 4.98 Å². The van der Waals surface area contributed by atoms with Crippen LogP contribution in [0.2, 0.25) is 5.02 Å². The van der Waals surface area contributed by atoms with Crippen LogP contribution in [0, 0.1) is 6.92 Å². The van der Waals surface area contributed by atoms with Crippen molar-refractivity contribution in [3.8, 4) is 17.4 Å². The molecule has 128 valence electrons. The number of rotatable bonds is 5. The maximum absolute atomic E-state index is 10.1. The number of aliphatic imine (C=N–C) groups is 1. The van der Waals surface area contributed by atoms with Crippen molar-refractivity contribution in [3.63, 3.8) is 0 Å². The molecule has 0 aliphatic carbocycles. The van der Waals surface area contributed by atoms with Crippen LogP contribution in [0.4, 0.5) is 0 Å². The van der Waals surface area contributed by atoms with E-state index < -0.39 is 0 Å². The third-order valence-electron chi connectivity index (χ3n) is 3.88. The second kappa shape index (κ2) is 7.53. The Kier molecular flexibility index (Phi) is 5.19. The van der Waals surface area contributed by atoms with Crippen LogP contribution in [-0.2, 0) is 6.54 Å². The van der Waals surface area contributed by atoms with E-state index in [9.17, 15) is 5.11 Å². The Morgan fingerprint density at radius 1 is 1.12 bits per heavy atom. The molecule has 0 saturated heterocycles. The molecule has 0 amide bonds. The van der Waals surface area contributed by atoms with Crippen molar-refractivity contribution in [2.75, 3.05) is 0 Å². The number of hydrogen-bond acceptors (Lipinski definition) is 4. The van der Waals surface area contributed by atoms with Gasteiger partial charge in [-0.2, -0.15) is 0 Å². The minimum atomic E-state index is -0.213. The number of aryl methyl sites for hydroxylation is 1. The van der Waals surface area contributed by atoms with Gasteiger partial charge in [0.1, 0.15) is 0 Å². The van der Waals surface area contributed by atoms with E-state index in [-0.39, 0.29) is 5.95 Å². The second-order valence-electron chi connectivity index (χ2n) is 5.78. The summed E-state index contributed by atoms with van der Waals surface area (Å²) in [6, 6.07) is 15.3. The maximum Gasteiger partial charge on any atom is 0.312 e. The SMILES string of the molecule is CCC(=NCc1ccc(C)cc1)c1nc(-c2ccc(Cl)cc2)oc1O. The molecule has 2 aromatic carbocycles. The number of oxazole rings is 1. The summed E-state index contributed by atoms with van der Waals surface area (Å²) < 4.78 is 5.41. The third kappa shape index (κ3) is 4.09. The van der Waals surface area contributed by atoms with E-state index in [1.54, 1.807) is 24.3 Å². The first-order chi connectivity index (χ1) is 12.1. The van der Waals surface area contributed by atoms with Gasteiger partial charge in [0.2, 0.25) is 5.89 Å². The molecular weight excluding hydrogens is 336 g/mol. The molecule has 1 heterocycles. The van der Waals surface area contributed by atoms with E-state index in [0.717, 1.165) is 11.1 Å². The lowest BCUT2D eigenvalue weighted by Crippen LogP contribution is -2.01. The summed E-state index contributed by atoms with van der Waals surface area (Å²) in [7, 11) is 0. The first-order valence-corrected chi connectivity index (χ1v) is 8.49. The zero-order valence-corrected chi connectivity index (χ0v) is 14.9. The highest BCUT2D eigenvalue weighted by Crippen LogP contribution is 2.28. The smallest absolute Gasteiger partial charge is 0.312 e. The van der Waals surface area contributed by atoms with Gasteiger partial charge in [-0.1, -0.05) is 48.4 Å². The molecule has 3 aromatic rings. The normalized spacial score (nSPS) is 11.7. The first-order valence-electron chi connectivity index (χ1n) is 8.11. The predicted molar refractivity (Wildman–Crippen MR) is 100 cm³/mol. The molecule has 0 aliphatic heterocycles. The molecule has 5 heteroatoms. The van der Waals surface area contributed by atoms with Crippen molar-refractivity contribution >= 4 is 17.3 Å². The van der Waals surface area contributed by atoms with Gasteiger partial charge in [0, 0.05) is 10.6 Å². The topological polar surface area (TPSA) is 58.6 Å². The van der Waals surface area contributed by atoms with Crippen LogP contribution >= 0.6 is 11.6 Å². The Bertz CT molecular complexity index is 881. The van der Waals surface area contributed by atoms with Crippen molar-refractivity contribution in [2.45, 2.75) is 26.8 Å². The van der Waals surface area contributed by atoms with Gasteiger partial charge in [-0.05, 0) is 43.2 Å². The van der Waals surface area contributed by atoms with Gasteiger partial charge in [-0.15, -0.1) is 0 Å². The molecule has 0 bridgehead atoms. The van der Waals surface area contributed by atoms with Crippen LogP contribution in [0.15, 0.2) is 57.9 Å². The molecule has 0 spiro atoms. The van der Waals surface area contributed by atoms with E-state index in [0.29, 0.717) is 35.3 Å². The zero-order valence-electron chi connectivity index (χ0n) is 14.2. The Hall–Kier alpha value is -2.59. The molecule has 25 heavy (non-hydrogen) atoms. The van der Waals surface area contributed by atoms with Crippen molar-refractivity contribution in [2.24, 2.45) is 4.99 Å². The lowest BCUT2D eigenvalue weighted by molar-refractivity contribution is 0.336. The summed E-state index contributed by atoms with van der Waals surface area (Å²) in [6.07, 6.45) is 0.645. The first kappa shape index (κ1) is 17.2. The van der Waals surface area contributed by atoms with E-state index >= 15 is 0 Å². The summed E-state index contributed by atoms with van der Waals surface area (Å²) in [5, 5.41) is 10.8. The maximum atomic E-state index is 10.1. The Labute approximate surface area is 151 Å². The number of benzene rings is 2. The number of nitrogens with zero attached hydrogens (tertiary/aromatic N) is 2. The average Bonchev–Trinajstić information content (AvgIpc) is 2.99. The second-order valence-corrected chi connectivity index (χ2v) is 6.22. The molecule has 1 N–H and O–H groups in total. The molecule has 0 unspecified atom stereocenters. The van der Waals surface area contributed by atoms with Crippen molar-refractivity contribution in [3.05, 3.63) is 70.4 Å². The molecular formula is C20H19ClN2O2. The minimum absolute atomic E-state index is 0.213. The summed E-state index contributed by atoms with van der Waals surface area (Å²) in [6.45, 7) is 4.56. The fourth-order valence-electron chi connectivity index (χ4n) is 2.45. The van der Waals surface area contributed by atoms with Crippen molar-refractivity contribution in [1.29, 1.82) is 0 Å². The molecule has 0 aliphatic rings. The Morgan fingerprint density at radius 2 is 1.80 bits per heavy atom. The van der Waals surface area contributed by atoms with Gasteiger partial charge >= 0.3 is 5.95 Å². The van der Waals surface area contributed by atoms with Crippen LogP contribution in [0.5, 0.6) is 5.95 Å². The van der Waals surface area contributed by atoms with E-state index in [2.05, 4.69) is 29.0 Å². The standard InChI is InChI=1S/C20H19ClN2O2/c1-3-17(22-12-14-6-4-13(2)5-7-14)18-20(24)25-19(23-18)15-8-10-16(21)11-9-15/h4-11,24H,3,12H2,1-2H3. The lowest BCUT2D eigenvalue weighted by Gasteiger charge is -2.02. The summed E-state index contributed by atoms with van der Waals surface area (Å²) >= 11 is 5.90. The van der Waals surface area contributed by atoms with Gasteiger partial charge in [0.05, 0.1) is 12.3 Å². The molecule has 4 nitrogen and oxygen atoms in total. The number of halogens is 1. The third-order valence-corrected chi connectivity index (χ3v) is 4.13. The van der Waals surface area contributed by atoms with Gasteiger partial charge in [-0.25, -0.2) is 4.98 Å². The van der Waals surface area contributed by atoms with Crippen LogP contribution in [-0.4, -0.2) is 15.8 Å². The Balaban J connectivity index is 1.86. The molecule has 0 atom stereocenters. The number of aromatic nitrogens is 1. The van der Waals surface area contributed by atoms with E-state index in [4.69, 9.17) is 16.0 Å². The molecule has 0 radical (unpaired) electrons. The van der Waals surface area contributed by atoms with Gasteiger partial charge in [0.15, 0.2) is 5.69 Å². The van der Waals surface area contributed by atoms with Crippen LogP contribution in [0.25, 0.3) is 11.5 Å². The van der Waals surface area contributed by atoms with Gasteiger partial charge in [-0.3, -0.25) is 4.99 Å². The quantitative estimate of drug-likeness (QED) is 0.623. The fraction of sp³-hybridized carbons (Fsp3) is 0.200. The van der Waals surface area contributed by atoms with E-state index in [1.165, 1.54) is 5.56 Å². The lowest BCUT2D eigenvalue weighted by atomic mass is 10.1. The van der Waals surface area contributed by atoms with E-state index in [1.807, 2.05) is 19.1 Å². The highest BCUT2D eigenvalue weighted by Gasteiger charge is 2.17. The highest BCUT2D eigenvalue weighted by molar-refractivity contribution is 6.30. The minimum Gasteiger partial charge on any atom is -0.479 e. The molecule has 1 aromatic heterocycles. The fourth-order valence-corrected chi connectivity index (χ4v) is 2.58. The Morgan fingerprint density at radius 3 is 2.44 bits per heavy atom. The zero-order chi connectivity index (χ0) is 17.8. The summed E-state index contributed by atoms with van der Waals surface area (Å²) in [4.78, 5) is 9.02. The predicted octanol–water partition coefficient (Wildman–Crippen LogP) is 5.41. The average molecular weight is 355 g/mol. The van der Waals surface area contributed by atoms with Crippen LogP contribution in [0.1, 0.15) is 30.2 Å². The summed E-state index contributed by atoms with van der Waals surface area (Å²) in [5.41, 5.74) is 4.17. The largest absolute Gasteiger partial charge is 0.479 e. The monoisotopic (exact) mass is 354 g/mol. The number of aromatic hydroxyl groups is 1. The number of hydrogen-bond donors (Lipinski definition) is 1. The van der Waals surface area contributed by atoms with Crippen LogP contribution in [0.3, 0.4) is 0 Å². The van der Waals surface area contributed by atoms with Crippen LogP contribution < -0.4 is 0 Å². The summed E-state index contributed by atoms with van der Waals surface area (Å²) in [5.74, 6) is 0.134. The molecule has 0 fully saturated rings.